The van der Waals surface area contributed by atoms with E-state index in [4.69, 9.17) is 16.9 Å². The second kappa shape index (κ2) is 8.55. The van der Waals surface area contributed by atoms with Gasteiger partial charge in [-0.3, -0.25) is 4.79 Å². The molecule has 0 atom stereocenters. The van der Waals surface area contributed by atoms with Crippen LogP contribution in [0.25, 0.3) is 11.2 Å². The molecule has 1 saturated carbocycles. The van der Waals surface area contributed by atoms with E-state index >= 15 is 0 Å². The van der Waals surface area contributed by atoms with E-state index in [2.05, 4.69) is 32.7 Å². The Morgan fingerprint density at radius 1 is 1.33 bits per heavy atom. The molecule has 0 aromatic carbocycles. The van der Waals surface area contributed by atoms with E-state index in [-0.39, 0.29) is 5.97 Å². The Balaban J connectivity index is 1.59. The Morgan fingerprint density at radius 3 is 2.78 bits per heavy atom. The molecule has 2 aromatic rings. The monoisotopic (exact) mass is 365 g/mol. The van der Waals surface area contributed by atoms with Crippen molar-refractivity contribution in [2.24, 2.45) is 11.8 Å². The molecule has 2 aromatic heterocycles. The number of ether oxygens (including phenoxy) is 1. The van der Waals surface area contributed by atoms with Crippen LogP contribution in [-0.2, 0) is 16.1 Å². The van der Waals surface area contributed by atoms with Crippen molar-refractivity contribution in [1.82, 2.24) is 19.5 Å². The molecule has 2 heterocycles. The normalized spacial score (nSPS) is 19.1. The van der Waals surface area contributed by atoms with Gasteiger partial charge in [-0.05, 0) is 43.4 Å². The predicted octanol–water partition coefficient (Wildman–Crippen LogP) is 2.15. The lowest BCUT2D eigenvalue weighted by Crippen LogP contribution is -2.19. The summed E-state index contributed by atoms with van der Waals surface area (Å²) in [5, 5.41) is 0. The molecule has 140 valence electrons. The Morgan fingerprint density at radius 2 is 2.07 bits per heavy atom. The number of rotatable bonds is 4. The molecule has 2 N–H and O–H groups in total. The Labute approximate surface area is 158 Å². The Hall–Kier alpha value is -3.06. The van der Waals surface area contributed by atoms with Crippen molar-refractivity contribution < 1.29 is 9.53 Å². The van der Waals surface area contributed by atoms with Gasteiger partial charge in [-0.15, -0.1) is 6.42 Å². The van der Waals surface area contributed by atoms with Crippen molar-refractivity contribution in [3.8, 4) is 24.2 Å². The van der Waals surface area contributed by atoms with Crippen molar-refractivity contribution in [2.75, 3.05) is 12.3 Å². The van der Waals surface area contributed by atoms with Gasteiger partial charge in [0.15, 0.2) is 11.5 Å². The van der Waals surface area contributed by atoms with Gasteiger partial charge >= 0.3 is 5.97 Å². The molecule has 0 aliphatic heterocycles. The lowest BCUT2D eigenvalue weighted by molar-refractivity contribution is -0.142. The highest BCUT2D eigenvalue weighted by Crippen LogP contribution is 2.30. The number of terminal acetylenes is 1. The first-order valence-electron chi connectivity index (χ1n) is 9.11. The van der Waals surface area contributed by atoms with Crippen LogP contribution >= 0.6 is 0 Å². The van der Waals surface area contributed by atoms with Gasteiger partial charge in [-0.2, -0.15) is 0 Å². The first-order chi connectivity index (χ1) is 13.1. The van der Waals surface area contributed by atoms with Gasteiger partial charge in [0.2, 0.25) is 5.82 Å². The van der Waals surface area contributed by atoms with Gasteiger partial charge in [0.05, 0.1) is 19.5 Å². The number of carbonyl (C=O) groups excluding carboxylic acids is 1. The summed E-state index contributed by atoms with van der Waals surface area (Å²) in [7, 11) is 0. The number of hydrogen-bond acceptors (Lipinski definition) is 6. The number of anilines is 1. The third-order valence-corrected chi connectivity index (χ3v) is 4.83. The second-order valence-electron chi connectivity index (χ2n) is 6.88. The molecule has 1 fully saturated rings. The molecule has 0 radical (unpaired) electrons. The number of hydrogen-bond donors (Lipinski definition) is 1. The second-order valence-corrected chi connectivity index (χ2v) is 6.88. The number of aromatic nitrogens is 4. The number of fused-ring (bicyclic) bond motifs is 1. The van der Waals surface area contributed by atoms with Crippen LogP contribution in [0.15, 0.2) is 6.33 Å². The molecule has 1 aliphatic rings. The van der Waals surface area contributed by atoms with E-state index in [0.29, 0.717) is 47.8 Å². The highest BCUT2D eigenvalue weighted by molar-refractivity contribution is 5.82. The molecule has 7 nitrogen and oxygen atoms in total. The van der Waals surface area contributed by atoms with Crippen molar-refractivity contribution in [2.45, 2.75) is 45.6 Å². The van der Waals surface area contributed by atoms with Gasteiger partial charge in [0, 0.05) is 13.3 Å². The summed E-state index contributed by atoms with van der Waals surface area (Å²) in [6.07, 6.45) is 12.1. The van der Waals surface area contributed by atoms with Gasteiger partial charge in [-0.1, -0.05) is 11.8 Å². The summed E-state index contributed by atoms with van der Waals surface area (Å²) in [6.45, 7) is 2.36. The van der Waals surface area contributed by atoms with E-state index in [1.807, 2.05) is 0 Å². The summed E-state index contributed by atoms with van der Waals surface area (Å²) in [4.78, 5) is 23.8. The number of nitrogens with two attached hydrogens (primary N) is 1. The molecule has 0 saturated heterocycles. The van der Waals surface area contributed by atoms with Crippen LogP contribution in [0.5, 0.6) is 0 Å². The van der Waals surface area contributed by atoms with Crippen LogP contribution in [0, 0.1) is 36.0 Å². The zero-order chi connectivity index (χ0) is 19.2. The largest absolute Gasteiger partial charge is 0.466 e. The van der Waals surface area contributed by atoms with E-state index in [1.54, 1.807) is 10.9 Å². The fourth-order valence-corrected chi connectivity index (χ4v) is 3.35. The van der Waals surface area contributed by atoms with E-state index in [1.165, 1.54) is 6.92 Å². The van der Waals surface area contributed by atoms with E-state index in [0.717, 1.165) is 32.1 Å². The maximum Gasteiger partial charge on any atom is 0.302 e. The summed E-state index contributed by atoms with van der Waals surface area (Å²) in [5.74, 6) is 10.3. The van der Waals surface area contributed by atoms with Crippen molar-refractivity contribution in [3.63, 3.8) is 0 Å². The SMILES string of the molecule is C#CCn1cnc2c(N)nc(C#CCC3CCC(COC(C)=O)CC3)nc21. The first-order valence-corrected chi connectivity index (χ1v) is 9.11. The minimum absolute atomic E-state index is 0.206. The predicted molar refractivity (Wildman–Crippen MR) is 102 cm³/mol. The lowest BCUT2D eigenvalue weighted by atomic mass is 9.81. The lowest BCUT2D eigenvalue weighted by Gasteiger charge is -2.26. The Bertz CT molecular complexity index is 923. The fourth-order valence-electron chi connectivity index (χ4n) is 3.35. The van der Waals surface area contributed by atoms with Crippen LogP contribution in [0.2, 0.25) is 0 Å². The molecule has 1 aliphatic carbocycles. The summed E-state index contributed by atoms with van der Waals surface area (Å²) in [5.41, 5.74) is 7.11. The van der Waals surface area contributed by atoms with Crippen molar-refractivity contribution in [3.05, 3.63) is 12.2 Å². The minimum Gasteiger partial charge on any atom is -0.466 e. The average Bonchev–Trinajstić information content (AvgIpc) is 3.05. The fraction of sp³-hybridized carbons (Fsp3) is 0.500. The zero-order valence-corrected chi connectivity index (χ0v) is 15.4. The molecule has 0 unspecified atom stereocenters. The van der Waals surface area contributed by atoms with Gasteiger partial charge in [-0.25, -0.2) is 15.0 Å². The highest BCUT2D eigenvalue weighted by Gasteiger charge is 2.21. The number of carbonyl (C=O) groups is 1. The molecule has 7 heteroatoms. The van der Waals surface area contributed by atoms with Crippen LogP contribution < -0.4 is 5.73 Å². The third-order valence-electron chi connectivity index (χ3n) is 4.83. The van der Waals surface area contributed by atoms with Crippen molar-refractivity contribution in [1.29, 1.82) is 0 Å². The summed E-state index contributed by atoms with van der Waals surface area (Å²) < 4.78 is 6.86. The van der Waals surface area contributed by atoms with Crippen LogP contribution in [0.1, 0.15) is 44.9 Å². The molecule has 27 heavy (non-hydrogen) atoms. The number of nitrogens with zero attached hydrogens (tertiary/aromatic N) is 4. The maximum absolute atomic E-state index is 10.9. The van der Waals surface area contributed by atoms with Gasteiger partial charge in [0.1, 0.15) is 5.52 Å². The third kappa shape index (κ3) is 4.77. The van der Waals surface area contributed by atoms with E-state index < -0.39 is 0 Å². The summed E-state index contributed by atoms with van der Waals surface area (Å²) in [6, 6.07) is 0. The maximum atomic E-state index is 10.9. The highest BCUT2D eigenvalue weighted by atomic mass is 16.5. The molecular formula is C20H23N5O2. The van der Waals surface area contributed by atoms with Crippen molar-refractivity contribution >= 4 is 23.0 Å². The molecule has 0 bridgehead atoms. The Kier molecular flexibility index (Phi) is 5.93. The van der Waals surface area contributed by atoms with Crippen LogP contribution in [0.4, 0.5) is 5.82 Å². The van der Waals surface area contributed by atoms with Gasteiger partial charge < -0.3 is 15.0 Å². The summed E-state index contributed by atoms with van der Waals surface area (Å²) >= 11 is 0. The zero-order valence-electron chi connectivity index (χ0n) is 15.4. The topological polar surface area (TPSA) is 95.9 Å². The quantitative estimate of drug-likeness (QED) is 0.659. The molecule has 0 spiro atoms. The standard InChI is InChI=1S/C20H23N5O2/c1-3-11-25-13-22-18-19(21)23-17(24-20(18)25)6-4-5-15-7-9-16(10-8-15)12-27-14(2)26/h1,13,15-16H,5,7-12H2,2H3,(H2,21,23,24). The first kappa shape index (κ1) is 18.7. The number of nitrogen functional groups attached to an aromatic ring is 1. The smallest absolute Gasteiger partial charge is 0.302 e. The molecule has 0 amide bonds. The number of imidazole rings is 1. The minimum atomic E-state index is -0.206. The number of esters is 1. The van der Waals surface area contributed by atoms with Crippen LogP contribution in [0.3, 0.4) is 0 Å². The molecular weight excluding hydrogens is 342 g/mol. The average molecular weight is 365 g/mol. The molecule has 3 rings (SSSR count). The van der Waals surface area contributed by atoms with Gasteiger partial charge in [0.25, 0.3) is 0 Å². The van der Waals surface area contributed by atoms with E-state index in [9.17, 15) is 4.79 Å². The van der Waals surface area contributed by atoms with Crippen LogP contribution in [-0.4, -0.2) is 32.1 Å².